The number of benzene rings is 2. The number of hydrogen-bond donors (Lipinski definition) is 1. The number of nitrogens with zero attached hydrogens (tertiary/aromatic N) is 1. The highest BCUT2D eigenvalue weighted by Crippen LogP contribution is 2.23. The Labute approximate surface area is 168 Å². The summed E-state index contributed by atoms with van der Waals surface area (Å²) in [5, 5.41) is 3.21. The van der Waals surface area contributed by atoms with Crippen LogP contribution < -0.4 is 5.32 Å². The van der Waals surface area contributed by atoms with E-state index in [1.54, 1.807) is 30.0 Å². The van der Waals surface area contributed by atoms with Crippen LogP contribution in [0.25, 0.3) is 0 Å². The Morgan fingerprint density at radius 1 is 1.18 bits per heavy atom. The van der Waals surface area contributed by atoms with Gasteiger partial charge in [-0.2, -0.15) is 0 Å². The van der Waals surface area contributed by atoms with Gasteiger partial charge in [0, 0.05) is 30.2 Å². The summed E-state index contributed by atoms with van der Waals surface area (Å²) in [5.41, 5.74) is 2.31. The number of nitrogens with one attached hydrogen (secondary N) is 1. The molecule has 0 saturated carbocycles. The van der Waals surface area contributed by atoms with Gasteiger partial charge >= 0.3 is 5.97 Å². The Morgan fingerprint density at radius 2 is 1.93 bits per heavy atom. The number of likely N-dealkylation sites (tertiary alicyclic amines) is 1. The second-order valence-electron chi connectivity index (χ2n) is 6.73. The lowest BCUT2D eigenvalue weighted by Crippen LogP contribution is -2.28. The van der Waals surface area contributed by atoms with Crippen molar-refractivity contribution in [2.45, 2.75) is 19.9 Å². The normalized spacial score (nSPS) is 16.1. The van der Waals surface area contributed by atoms with Crippen LogP contribution in [0, 0.1) is 12.8 Å². The summed E-state index contributed by atoms with van der Waals surface area (Å²) < 4.78 is 5.11. The van der Waals surface area contributed by atoms with Crippen LogP contribution in [-0.4, -0.2) is 35.8 Å². The highest BCUT2D eigenvalue weighted by molar-refractivity contribution is 6.31. The Hall–Kier alpha value is -2.86. The van der Waals surface area contributed by atoms with Gasteiger partial charge in [-0.15, -0.1) is 0 Å². The van der Waals surface area contributed by atoms with E-state index in [1.165, 1.54) is 0 Å². The van der Waals surface area contributed by atoms with Gasteiger partial charge in [-0.3, -0.25) is 14.4 Å². The maximum Gasteiger partial charge on any atom is 0.311 e. The molecular formula is C21H21ClN2O4. The molecule has 7 heteroatoms. The lowest BCUT2D eigenvalue weighted by Gasteiger charge is -2.16. The first-order valence-corrected chi connectivity index (χ1v) is 9.35. The van der Waals surface area contributed by atoms with Crippen LogP contribution in [0.2, 0.25) is 5.02 Å². The molecule has 0 aliphatic carbocycles. The summed E-state index contributed by atoms with van der Waals surface area (Å²) in [6, 6.07) is 14.8. The van der Waals surface area contributed by atoms with E-state index >= 15 is 0 Å². The summed E-state index contributed by atoms with van der Waals surface area (Å²) in [6.45, 7) is 2.13. The van der Waals surface area contributed by atoms with Crippen molar-refractivity contribution < 1.29 is 19.1 Å². The molecule has 1 atom stereocenters. The predicted molar refractivity (Wildman–Crippen MR) is 106 cm³/mol. The predicted octanol–water partition coefficient (Wildman–Crippen LogP) is 3.18. The smallest absolute Gasteiger partial charge is 0.311 e. The van der Waals surface area contributed by atoms with Crippen LogP contribution in [0.5, 0.6) is 0 Å². The van der Waals surface area contributed by atoms with Gasteiger partial charge in [-0.05, 0) is 30.2 Å². The van der Waals surface area contributed by atoms with Crippen molar-refractivity contribution in [3.63, 3.8) is 0 Å². The second-order valence-corrected chi connectivity index (χ2v) is 7.14. The molecule has 0 unspecified atom stereocenters. The fourth-order valence-electron chi connectivity index (χ4n) is 3.07. The fraction of sp³-hybridized carbons (Fsp3) is 0.286. The summed E-state index contributed by atoms with van der Waals surface area (Å²) in [4.78, 5) is 38.1. The summed E-state index contributed by atoms with van der Waals surface area (Å²) in [6.07, 6.45) is 0.0979. The van der Waals surface area contributed by atoms with Crippen molar-refractivity contribution in [3.05, 3.63) is 64.7 Å². The van der Waals surface area contributed by atoms with Crippen LogP contribution in [0.1, 0.15) is 17.5 Å². The standard InChI is InChI=1S/C21H21ClN2O4/c1-14-17(22)8-5-9-18(14)23-19(25)13-28-21(27)16-10-20(26)24(12-16)11-15-6-3-2-4-7-15/h2-9,16H,10-13H2,1H3,(H,23,25)/t16-/m1/s1. The van der Waals surface area contributed by atoms with E-state index in [2.05, 4.69) is 5.32 Å². The molecule has 0 aromatic heterocycles. The number of esters is 1. The van der Waals surface area contributed by atoms with Crippen LogP contribution in [0.4, 0.5) is 5.69 Å². The third kappa shape index (κ3) is 4.89. The van der Waals surface area contributed by atoms with E-state index < -0.39 is 24.4 Å². The molecular weight excluding hydrogens is 380 g/mol. The molecule has 2 amide bonds. The molecule has 1 N–H and O–H groups in total. The fourth-order valence-corrected chi connectivity index (χ4v) is 3.24. The van der Waals surface area contributed by atoms with Crippen molar-refractivity contribution in [1.29, 1.82) is 0 Å². The van der Waals surface area contributed by atoms with Crippen molar-refractivity contribution in [2.75, 3.05) is 18.5 Å². The molecule has 1 fully saturated rings. The first-order chi connectivity index (χ1) is 13.4. The van der Waals surface area contributed by atoms with Gasteiger partial charge < -0.3 is 15.0 Å². The van der Waals surface area contributed by atoms with Crippen molar-refractivity contribution in [2.24, 2.45) is 5.92 Å². The number of rotatable bonds is 6. The van der Waals surface area contributed by atoms with Crippen LogP contribution >= 0.6 is 11.6 Å². The zero-order valence-electron chi connectivity index (χ0n) is 15.5. The minimum Gasteiger partial charge on any atom is -0.455 e. The molecule has 6 nitrogen and oxygen atoms in total. The van der Waals surface area contributed by atoms with Gasteiger partial charge in [0.2, 0.25) is 5.91 Å². The monoisotopic (exact) mass is 400 g/mol. The quantitative estimate of drug-likeness (QED) is 0.755. The van der Waals surface area contributed by atoms with Gasteiger partial charge in [-0.1, -0.05) is 48.0 Å². The summed E-state index contributed by atoms with van der Waals surface area (Å²) in [7, 11) is 0. The van der Waals surface area contributed by atoms with Crippen LogP contribution in [0.15, 0.2) is 48.5 Å². The summed E-state index contributed by atoms with van der Waals surface area (Å²) >= 11 is 6.02. The molecule has 0 radical (unpaired) electrons. The zero-order valence-corrected chi connectivity index (χ0v) is 16.2. The Morgan fingerprint density at radius 3 is 2.68 bits per heavy atom. The molecule has 1 aliphatic rings. The van der Waals surface area contributed by atoms with E-state index in [1.807, 2.05) is 30.3 Å². The average molecular weight is 401 g/mol. The number of anilines is 1. The molecule has 2 aromatic rings. The third-order valence-electron chi connectivity index (χ3n) is 4.65. The van der Waals surface area contributed by atoms with E-state index in [0.717, 1.165) is 11.1 Å². The average Bonchev–Trinajstić information content (AvgIpc) is 3.05. The molecule has 146 valence electrons. The van der Waals surface area contributed by atoms with Gasteiger partial charge in [0.1, 0.15) is 0 Å². The maximum absolute atomic E-state index is 12.3. The number of carbonyl (C=O) groups is 3. The molecule has 1 heterocycles. The maximum atomic E-state index is 12.3. The topological polar surface area (TPSA) is 75.7 Å². The SMILES string of the molecule is Cc1c(Cl)cccc1NC(=O)COC(=O)[C@@H]1CC(=O)N(Cc2ccccc2)C1. The molecule has 3 rings (SSSR count). The molecule has 1 saturated heterocycles. The van der Waals surface area contributed by atoms with Crippen LogP contribution in [-0.2, 0) is 25.7 Å². The third-order valence-corrected chi connectivity index (χ3v) is 5.06. The molecule has 2 aromatic carbocycles. The number of amides is 2. The van der Waals surface area contributed by atoms with Gasteiger partial charge in [0.05, 0.1) is 5.92 Å². The minimum atomic E-state index is -0.558. The van der Waals surface area contributed by atoms with Crippen molar-refractivity contribution >= 4 is 35.1 Å². The molecule has 0 bridgehead atoms. The molecule has 1 aliphatic heterocycles. The Bertz CT molecular complexity index is 885. The van der Waals surface area contributed by atoms with Crippen molar-refractivity contribution in [3.8, 4) is 0 Å². The first kappa shape index (κ1) is 19.9. The lowest BCUT2D eigenvalue weighted by molar-refractivity contribution is -0.151. The molecule has 0 spiro atoms. The number of carbonyl (C=O) groups excluding carboxylic acids is 3. The highest BCUT2D eigenvalue weighted by Gasteiger charge is 2.35. The highest BCUT2D eigenvalue weighted by atomic mass is 35.5. The molecule has 28 heavy (non-hydrogen) atoms. The Kier molecular flexibility index (Phi) is 6.31. The minimum absolute atomic E-state index is 0.0928. The van der Waals surface area contributed by atoms with Crippen LogP contribution in [0.3, 0.4) is 0 Å². The van der Waals surface area contributed by atoms with Gasteiger partial charge in [0.25, 0.3) is 5.91 Å². The van der Waals surface area contributed by atoms with Crippen molar-refractivity contribution in [1.82, 2.24) is 4.90 Å². The number of halogens is 1. The number of ether oxygens (including phenoxy) is 1. The Balaban J connectivity index is 1.49. The first-order valence-electron chi connectivity index (χ1n) is 8.97. The van der Waals surface area contributed by atoms with E-state index in [-0.39, 0.29) is 12.3 Å². The lowest BCUT2D eigenvalue weighted by atomic mass is 10.1. The van der Waals surface area contributed by atoms with E-state index in [4.69, 9.17) is 16.3 Å². The van der Waals surface area contributed by atoms with Gasteiger partial charge in [-0.25, -0.2) is 0 Å². The summed E-state index contributed by atoms with van der Waals surface area (Å²) in [5.74, 6) is -1.65. The number of hydrogen-bond acceptors (Lipinski definition) is 4. The second kappa shape index (κ2) is 8.89. The largest absolute Gasteiger partial charge is 0.455 e. The zero-order chi connectivity index (χ0) is 20.1. The van der Waals surface area contributed by atoms with Gasteiger partial charge in [0.15, 0.2) is 6.61 Å². The van der Waals surface area contributed by atoms with E-state index in [0.29, 0.717) is 23.8 Å². The van der Waals surface area contributed by atoms with E-state index in [9.17, 15) is 14.4 Å².